The van der Waals surface area contributed by atoms with Crippen molar-refractivity contribution in [2.45, 2.75) is 19.7 Å². The Morgan fingerprint density at radius 3 is 2.65 bits per heavy atom. The van der Waals surface area contributed by atoms with Gasteiger partial charge < -0.3 is 24.8 Å². The average molecular weight is 446 g/mol. The number of nitrogens with one attached hydrogen (secondary N) is 2. The van der Waals surface area contributed by atoms with E-state index in [1.165, 1.54) is 6.07 Å². The van der Waals surface area contributed by atoms with Crippen LogP contribution in [0.4, 0.5) is 8.78 Å². The molecular weight excluding hydrogens is 426 g/mol. The van der Waals surface area contributed by atoms with Crippen molar-refractivity contribution in [2.75, 3.05) is 13.8 Å². The summed E-state index contributed by atoms with van der Waals surface area (Å²) in [5, 5.41) is 9.17. The predicted molar refractivity (Wildman–Crippen MR) is 114 cm³/mol. The molecule has 0 amide bonds. The molecule has 4 rings (SSSR count). The number of aliphatic imine (C=N–C) groups is 1. The molecule has 0 saturated carbocycles. The van der Waals surface area contributed by atoms with Gasteiger partial charge in [0, 0.05) is 36.2 Å². The van der Waals surface area contributed by atoms with Gasteiger partial charge >= 0.3 is 6.61 Å². The second-order valence-electron chi connectivity index (χ2n) is 6.46. The highest BCUT2D eigenvalue weighted by molar-refractivity contribution is 7.09. The number of thiazole rings is 1. The number of fused-ring (bicyclic) bond motifs is 1. The van der Waals surface area contributed by atoms with Crippen LogP contribution in [0.3, 0.4) is 0 Å². The van der Waals surface area contributed by atoms with Crippen molar-refractivity contribution < 1.29 is 23.0 Å². The summed E-state index contributed by atoms with van der Waals surface area (Å²) in [6, 6.07) is 13.0. The first-order valence-corrected chi connectivity index (χ1v) is 10.3. The lowest BCUT2D eigenvalue weighted by molar-refractivity contribution is -0.0505. The molecule has 0 spiro atoms. The van der Waals surface area contributed by atoms with Crippen LogP contribution in [0.2, 0.25) is 0 Å². The first-order valence-electron chi connectivity index (χ1n) is 9.44. The molecule has 0 atom stereocenters. The SMILES string of the molecule is CN=C(NCc1nc(-c2ccccc2)cs1)NCc1cc2c(cc1OC(F)F)OCO2. The van der Waals surface area contributed by atoms with E-state index in [-0.39, 0.29) is 19.1 Å². The number of rotatable bonds is 7. The van der Waals surface area contributed by atoms with E-state index in [2.05, 4.69) is 25.3 Å². The summed E-state index contributed by atoms with van der Waals surface area (Å²) in [4.78, 5) is 8.80. The van der Waals surface area contributed by atoms with E-state index in [0.29, 0.717) is 29.6 Å². The number of hydrogen-bond acceptors (Lipinski definition) is 6. The van der Waals surface area contributed by atoms with Crippen molar-refractivity contribution in [1.29, 1.82) is 0 Å². The molecule has 2 N–H and O–H groups in total. The lowest BCUT2D eigenvalue weighted by Crippen LogP contribution is -2.36. The molecule has 3 aromatic rings. The molecule has 1 aliphatic rings. The Morgan fingerprint density at radius 2 is 1.90 bits per heavy atom. The molecule has 0 saturated heterocycles. The topological polar surface area (TPSA) is 77.0 Å². The summed E-state index contributed by atoms with van der Waals surface area (Å²) >= 11 is 1.54. The number of halogens is 2. The van der Waals surface area contributed by atoms with Crippen molar-refractivity contribution >= 4 is 17.3 Å². The minimum Gasteiger partial charge on any atom is -0.454 e. The van der Waals surface area contributed by atoms with Crippen LogP contribution >= 0.6 is 11.3 Å². The Hall–Kier alpha value is -3.40. The third kappa shape index (κ3) is 5.21. The van der Waals surface area contributed by atoms with Gasteiger partial charge in [-0.1, -0.05) is 30.3 Å². The van der Waals surface area contributed by atoms with E-state index < -0.39 is 6.61 Å². The van der Waals surface area contributed by atoms with Gasteiger partial charge in [0.1, 0.15) is 10.8 Å². The fourth-order valence-electron chi connectivity index (χ4n) is 3.00. The second-order valence-corrected chi connectivity index (χ2v) is 7.41. The summed E-state index contributed by atoms with van der Waals surface area (Å²) < 4.78 is 40.8. The molecule has 0 aliphatic carbocycles. The first-order chi connectivity index (χ1) is 15.1. The van der Waals surface area contributed by atoms with Crippen LogP contribution in [0.25, 0.3) is 11.3 Å². The highest BCUT2D eigenvalue weighted by Crippen LogP contribution is 2.38. The van der Waals surface area contributed by atoms with Gasteiger partial charge in [0.05, 0.1) is 12.2 Å². The quantitative estimate of drug-likeness (QED) is 0.422. The second kappa shape index (κ2) is 9.61. The van der Waals surface area contributed by atoms with Gasteiger partial charge in [0.2, 0.25) is 6.79 Å². The molecule has 162 valence electrons. The molecule has 0 radical (unpaired) electrons. The summed E-state index contributed by atoms with van der Waals surface area (Å²) in [5.41, 5.74) is 2.47. The molecule has 31 heavy (non-hydrogen) atoms. The van der Waals surface area contributed by atoms with Crippen molar-refractivity contribution in [1.82, 2.24) is 15.6 Å². The summed E-state index contributed by atoms with van der Waals surface area (Å²) in [5.74, 6) is 1.38. The molecule has 1 aromatic heterocycles. The molecule has 2 aromatic carbocycles. The van der Waals surface area contributed by atoms with Crippen LogP contribution < -0.4 is 24.8 Å². The summed E-state index contributed by atoms with van der Waals surface area (Å²) in [6.45, 7) is -2.23. The van der Waals surface area contributed by atoms with E-state index in [9.17, 15) is 8.78 Å². The molecule has 0 fully saturated rings. The van der Waals surface area contributed by atoms with Crippen LogP contribution in [0, 0.1) is 0 Å². The van der Waals surface area contributed by atoms with Crippen molar-refractivity contribution in [2.24, 2.45) is 4.99 Å². The Kier molecular flexibility index (Phi) is 6.46. The largest absolute Gasteiger partial charge is 0.454 e. The maximum atomic E-state index is 12.8. The Morgan fingerprint density at radius 1 is 1.16 bits per heavy atom. The fraction of sp³-hybridized carbons (Fsp3) is 0.238. The predicted octanol–water partition coefficient (Wildman–Crippen LogP) is 4.01. The molecule has 2 heterocycles. The monoisotopic (exact) mass is 446 g/mol. The van der Waals surface area contributed by atoms with Crippen molar-refractivity contribution in [3.05, 3.63) is 58.4 Å². The Balaban J connectivity index is 1.38. The third-order valence-electron chi connectivity index (χ3n) is 4.47. The molecule has 0 bridgehead atoms. The van der Waals surface area contributed by atoms with E-state index in [1.807, 2.05) is 35.7 Å². The van der Waals surface area contributed by atoms with Crippen LogP contribution in [-0.2, 0) is 13.1 Å². The van der Waals surface area contributed by atoms with Crippen LogP contribution in [0.15, 0.2) is 52.8 Å². The van der Waals surface area contributed by atoms with Crippen molar-refractivity contribution in [3.63, 3.8) is 0 Å². The number of ether oxygens (including phenoxy) is 3. The minimum atomic E-state index is -2.94. The number of alkyl halides is 2. The normalized spacial score (nSPS) is 12.8. The number of aromatic nitrogens is 1. The molecule has 7 nitrogen and oxygen atoms in total. The van der Waals surface area contributed by atoms with Gasteiger partial charge in [-0.2, -0.15) is 8.78 Å². The van der Waals surface area contributed by atoms with Gasteiger partial charge in [-0.25, -0.2) is 4.98 Å². The van der Waals surface area contributed by atoms with Crippen LogP contribution in [-0.4, -0.2) is 31.4 Å². The lowest BCUT2D eigenvalue weighted by atomic mass is 10.1. The first kappa shape index (κ1) is 20.9. The zero-order valence-corrected chi connectivity index (χ0v) is 17.4. The average Bonchev–Trinajstić information content (AvgIpc) is 3.43. The maximum Gasteiger partial charge on any atom is 0.387 e. The van der Waals surface area contributed by atoms with Crippen LogP contribution in [0.5, 0.6) is 17.2 Å². The summed E-state index contributed by atoms with van der Waals surface area (Å²) in [6.07, 6.45) is 0. The summed E-state index contributed by atoms with van der Waals surface area (Å²) in [7, 11) is 1.63. The van der Waals surface area contributed by atoms with E-state index >= 15 is 0 Å². The molecule has 0 unspecified atom stereocenters. The zero-order valence-electron chi connectivity index (χ0n) is 16.6. The molecule has 10 heteroatoms. The van der Waals surface area contributed by atoms with Gasteiger partial charge in [-0.15, -0.1) is 11.3 Å². The van der Waals surface area contributed by atoms with Gasteiger partial charge in [0.15, 0.2) is 17.5 Å². The van der Waals surface area contributed by atoms with E-state index in [0.717, 1.165) is 16.3 Å². The highest BCUT2D eigenvalue weighted by Gasteiger charge is 2.20. The van der Waals surface area contributed by atoms with Crippen LogP contribution in [0.1, 0.15) is 10.6 Å². The zero-order chi connectivity index (χ0) is 21.6. The molecular formula is C21H20F2N4O3S. The number of benzene rings is 2. The van der Waals surface area contributed by atoms with Gasteiger partial charge in [0.25, 0.3) is 0 Å². The van der Waals surface area contributed by atoms with E-state index in [1.54, 1.807) is 24.5 Å². The fourth-order valence-corrected chi connectivity index (χ4v) is 3.74. The minimum absolute atomic E-state index is 0.0228. The number of guanidine groups is 1. The maximum absolute atomic E-state index is 12.8. The Labute approximate surface area is 181 Å². The molecule has 1 aliphatic heterocycles. The number of hydrogen-bond donors (Lipinski definition) is 2. The highest BCUT2D eigenvalue weighted by atomic mass is 32.1. The third-order valence-corrected chi connectivity index (χ3v) is 5.32. The van der Waals surface area contributed by atoms with E-state index in [4.69, 9.17) is 9.47 Å². The standard InChI is InChI=1S/C21H20F2N4O3S/c1-24-21(26-10-19-27-15(11-31-19)13-5-3-2-4-6-13)25-9-14-7-17-18(29-12-28-17)8-16(14)30-20(22)23/h2-8,11,20H,9-10,12H2,1H3,(H2,24,25,26). The Bertz CT molecular complexity index is 1060. The van der Waals surface area contributed by atoms with Crippen molar-refractivity contribution in [3.8, 4) is 28.5 Å². The lowest BCUT2D eigenvalue weighted by Gasteiger charge is -2.15. The van der Waals surface area contributed by atoms with Gasteiger partial charge in [-0.3, -0.25) is 4.99 Å². The number of nitrogens with zero attached hydrogens (tertiary/aromatic N) is 2. The van der Waals surface area contributed by atoms with Gasteiger partial charge in [-0.05, 0) is 6.07 Å². The smallest absolute Gasteiger partial charge is 0.387 e.